The molecule has 0 saturated heterocycles. The molecule has 1 aromatic carbocycles. The van der Waals surface area contributed by atoms with Crippen molar-refractivity contribution in [3.8, 4) is 11.6 Å². The Hall–Kier alpha value is -2.24. The van der Waals surface area contributed by atoms with Crippen LogP contribution in [0.3, 0.4) is 0 Å². The summed E-state index contributed by atoms with van der Waals surface area (Å²) in [5, 5.41) is 6.41. The van der Waals surface area contributed by atoms with Crippen molar-refractivity contribution in [1.29, 1.82) is 0 Å². The zero-order valence-corrected chi connectivity index (χ0v) is 19.2. The first-order chi connectivity index (χ1) is 13.9. The summed E-state index contributed by atoms with van der Waals surface area (Å²) in [6.07, 6.45) is -2.11. The molecule has 1 heterocycles. The molecule has 0 radical (unpaired) electrons. The van der Waals surface area contributed by atoms with Crippen LogP contribution in [0.25, 0.3) is 0 Å². The molecule has 2 N–H and O–H groups in total. The number of methoxy groups -OCH3 is 1. The number of hydrogen-bond donors (Lipinski definition) is 2. The predicted molar refractivity (Wildman–Crippen MR) is 121 cm³/mol. The Balaban J connectivity index is 0.00000450. The van der Waals surface area contributed by atoms with Gasteiger partial charge in [0, 0.05) is 25.4 Å². The summed E-state index contributed by atoms with van der Waals surface area (Å²) < 4.78 is 46.2. The smallest absolute Gasteiger partial charge is 0.422 e. The third kappa shape index (κ3) is 9.99. The van der Waals surface area contributed by atoms with Crippen LogP contribution < -0.4 is 20.1 Å². The van der Waals surface area contributed by atoms with Gasteiger partial charge in [-0.15, -0.1) is 24.0 Å². The number of pyridine rings is 1. The molecule has 0 amide bonds. The number of alkyl halides is 3. The standard InChI is InChI=1S/C20H25F3N4O2.HI/c1-3-24-19(25-11-10-15-4-7-17(28-2)8-5-15)27-13-16-6-9-18(26-12-16)29-14-20(21,22)23;/h4-9,12H,3,10-11,13-14H2,1-2H3,(H2,24,25,27);1H. The quantitative estimate of drug-likeness (QED) is 0.288. The number of guanidine groups is 1. The van der Waals surface area contributed by atoms with Gasteiger partial charge in [0.1, 0.15) is 5.75 Å². The molecule has 0 saturated carbocycles. The van der Waals surface area contributed by atoms with Crippen LogP contribution in [-0.2, 0) is 13.0 Å². The van der Waals surface area contributed by atoms with Crippen LogP contribution >= 0.6 is 24.0 Å². The van der Waals surface area contributed by atoms with E-state index < -0.39 is 12.8 Å². The van der Waals surface area contributed by atoms with Crippen molar-refractivity contribution in [2.75, 3.05) is 26.8 Å². The van der Waals surface area contributed by atoms with E-state index >= 15 is 0 Å². The fourth-order valence-electron chi connectivity index (χ4n) is 2.38. The van der Waals surface area contributed by atoms with E-state index in [0.29, 0.717) is 25.6 Å². The van der Waals surface area contributed by atoms with Crippen molar-refractivity contribution < 1.29 is 22.6 Å². The highest BCUT2D eigenvalue weighted by Crippen LogP contribution is 2.17. The Morgan fingerprint density at radius 3 is 2.33 bits per heavy atom. The number of benzene rings is 1. The van der Waals surface area contributed by atoms with E-state index in [1.54, 1.807) is 13.2 Å². The molecule has 0 spiro atoms. The first kappa shape index (κ1) is 25.8. The number of nitrogens with one attached hydrogen (secondary N) is 2. The van der Waals surface area contributed by atoms with Gasteiger partial charge in [0.05, 0.1) is 13.7 Å². The third-order valence-corrected chi connectivity index (χ3v) is 3.81. The van der Waals surface area contributed by atoms with Gasteiger partial charge >= 0.3 is 6.18 Å². The van der Waals surface area contributed by atoms with Gasteiger partial charge in [-0.05, 0) is 36.6 Å². The van der Waals surface area contributed by atoms with Gasteiger partial charge in [-0.3, -0.25) is 0 Å². The summed E-state index contributed by atoms with van der Waals surface area (Å²) in [4.78, 5) is 8.35. The summed E-state index contributed by atoms with van der Waals surface area (Å²) in [7, 11) is 1.63. The molecule has 0 aliphatic carbocycles. The lowest BCUT2D eigenvalue weighted by Crippen LogP contribution is -2.38. The van der Waals surface area contributed by atoms with Crippen LogP contribution in [0, 0.1) is 0 Å². The summed E-state index contributed by atoms with van der Waals surface area (Å²) in [5.41, 5.74) is 1.93. The zero-order chi connectivity index (χ0) is 21.1. The van der Waals surface area contributed by atoms with Gasteiger partial charge in [0.15, 0.2) is 12.6 Å². The Bertz CT molecular complexity index is 769. The minimum absolute atomic E-state index is 0. The lowest BCUT2D eigenvalue weighted by atomic mass is 10.1. The highest BCUT2D eigenvalue weighted by molar-refractivity contribution is 14.0. The van der Waals surface area contributed by atoms with Crippen molar-refractivity contribution >= 4 is 29.9 Å². The highest BCUT2D eigenvalue weighted by Gasteiger charge is 2.28. The third-order valence-electron chi connectivity index (χ3n) is 3.81. The first-order valence-electron chi connectivity index (χ1n) is 9.19. The SMILES string of the molecule is CCNC(=NCc1ccc(OCC(F)(F)F)nc1)NCCc1ccc(OC)cc1.I. The average molecular weight is 538 g/mol. The lowest BCUT2D eigenvalue weighted by molar-refractivity contribution is -0.154. The van der Waals surface area contributed by atoms with Crippen LogP contribution in [0.1, 0.15) is 18.1 Å². The summed E-state index contributed by atoms with van der Waals surface area (Å²) >= 11 is 0. The Labute approximate surface area is 191 Å². The van der Waals surface area contributed by atoms with Gasteiger partial charge in [0.25, 0.3) is 0 Å². The number of aliphatic imine (C=N–C) groups is 1. The van der Waals surface area contributed by atoms with Crippen LogP contribution in [0.4, 0.5) is 13.2 Å². The van der Waals surface area contributed by atoms with E-state index in [-0.39, 0.29) is 29.9 Å². The molecule has 0 bridgehead atoms. The molecule has 0 aliphatic rings. The van der Waals surface area contributed by atoms with Gasteiger partial charge < -0.3 is 20.1 Å². The van der Waals surface area contributed by atoms with Crippen molar-refractivity contribution in [1.82, 2.24) is 15.6 Å². The van der Waals surface area contributed by atoms with Crippen molar-refractivity contribution in [3.05, 3.63) is 53.7 Å². The largest absolute Gasteiger partial charge is 0.497 e. The number of aromatic nitrogens is 1. The van der Waals surface area contributed by atoms with E-state index in [4.69, 9.17) is 4.74 Å². The Morgan fingerprint density at radius 1 is 1.07 bits per heavy atom. The normalized spacial score (nSPS) is 11.4. The topological polar surface area (TPSA) is 67.8 Å². The monoisotopic (exact) mass is 538 g/mol. The number of hydrogen-bond acceptors (Lipinski definition) is 4. The Kier molecular flexibility index (Phi) is 11.3. The number of rotatable bonds is 9. The maximum atomic E-state index is 12.2. The van der Waals surface area contributed by atoms with E-state index in [1.165, 1.54) is 17.8 Å². The van der Waals surface area contributed by atoms with Crippen molar-refractivity contribution in [2.24, 2.45) is 4.99 Å². The fraction of sp³-hybridized carbons (Fsp3) is 0.400. The van der Waals surface area contributed by atoms with E-state index in [1.807, 2.05) is 31.2 Å². The molecule has 10 heteroatoms. The molecule has 30 heavy (non-hydrogen) atoms. The van der Waals surface area contributed by atoms with Crippen LogP contribution in [0.15, 0.2) is 47.6 Å². The van der Waals surface area contributed by atoms with Gasteiger partial charge in [-0.1, -0.05) is 18.2 Å². The van der Waals surface area contributed by atoms with Gasteiger partial charge in [-0.2, -0.15) is 13.2 Å². The summed E-state index contributed by atoms with van der Waals surface area (Å²) in [5.74, 6) is 1.40. The maximum Gasteiger partial charge on any atom is 0.422 e. The first-order valence-corrected chi connectivity index (χ1v) is 9.19. The molecule has 1 aromatic heterocycles. The number of ether oxygens (including phenoxy) is 2. The second-order valence-electron chi connectivity index (χ2n) is 6.13. The molecular formula is C20H26F3IN4O2. The fourth-order valence-corrected chi connectivity index (χ4v) is 2.38. The van der Waals surface area contributed by atoms with Crippen molar-refractivity contribution in [2.45, 2.75) is 26.1 Å². The lowest BCUT2D eigenvalue weighted by Gasteiger charge is -2.12. The Morgan fingerprint density at radius 2 is 1.77 bits per heavy atom. The zero-order valence-electron chi connectivity index (χ0n) is 16.8. The summed E-state index contributed by atoms with van der Waals surface area (Å²) in [6.45, 7) is 2.34. The molecule has 166 valence electrons. The van der Waals surface area contributed by atoms with Crippen LogP contribution in [-0.4, -0.2) is 43.9 Å². The average Bonchev–Trinajstić information content (AvgIpc) is 2.71. The molecular weight excluding hydrogens is 512 g/mol. The molecule has 2 aromatic rings. The molecule has 0 aliphatic heterocycles. The molecule has 6 nitrogen and oxygen atoms in total. The van der Waals surface area contributed by atoms with Gasteiger partial charge in [-0.25, -0.2) is 9.98 Å². The molecule has 0 atom stereocenters. The van der Waals surface area contributed by atoms with E-state index in [0.717, 1.165) is 17.7 Å². The van der Waals surface area contributed by atoms with Crippen LogP contribution in [0.5, 0.6) is 11.6 Å². The second-order valence-corrected chi connectivity index (χ2v) is 6.13. The molecule has 0 unspecified atom stereocenters. The van der Waals surface area contributed by atoms with Crippen LogP contribution in [0.2, 0.25) is 0 Å². The van der Waals surface area contributed by atoms with E-state index in [2.05, 4.69) is 25.3 Å². The predicted octanol–water partition coefficient (Wildman–Crippen LogP) is 3.95. The number of nitrogens with zero attached hydrogens (tertiary/aromatic N) is 2. The second kappa shape index (κ2) is 13.1. The molecule has 0 fully saturated rings. The minimum atomic E-state index is -4.39. The summed E-state index contributed by atoms with van der Waals surface area (Å²) in [6, 6.07) is 10.9. The minimum Gasteiger partial charge on any atom is -0.497 e. The number of halogens is 4. The van der Waals surface area contributed by atoms with E-state index in [9.17, 15) is 13.2 Å². The van der Waals surface area contributed by atoms with Gasteiger partial charge in [0.2, 0.25) is 5.88 Å². The highest BCUT2D eigenvalue weighted by atomic mass is 127. The maximum absolute atomic E-state index is 12.2. The molecule has 2 rings (SSSR count). The van der Waals surface area contributed by atoms with Crippen molar-refractivity contribution in [3.63, 3.8) is 0 Å².